The molecule has 0 radical (unpaired) electrons. The molecule has 2 rings (SSSR count). The molecule has 0 saturated heterocycles. The van der Waals surface area contributed by atoms with E-state index in [1.165, 1.54) is 0 Å². The summed E-state index contributed by atoms with van der Waals surface area (Å²) in [6.45, 7) is 4.70. The molecule has 2 fully saturated rings. The Balaban J connectivity index is 1.83. The van der Waals surface area contributed by atoms with E-state index < -0.39 is 10.9 Å². The summed E-state index contributed by atoms with van der Waals surface area (Å²) < 4.78 is 10.2. The highest BCUT2D eigenvalue weighted by molar-refractivity contribution is 6.61. The number of hydrogen-bond donors (Lipinski definition) is 0. The fourth-order valence-corrected chi connectivity index (χ4v) is 4.70. The molecular formula is C17H26Cl2O4. The van der Waals surface area contributed by atoms with Gasteiger partial charge in [-0.2, -0.15) is 0 Å². The lowest BCUT2D eigenvalue weighted by molar-refractivity contribution is -0.000608. The molecule has 0 spiro atoms. The molecule has 23 heavy (non-hydrogen) atoms. The van der Waals surface area contributed by atoms with Crippen LogP contribution in [0.3, 0.4) is 0 Å². The van der Waals surface area contributed by atoms with E-state index in [1.807, 2.05) is 0 Å². The molecule has 0 aromatic carbocycles. The summed E-state index contributed by atoms with van der Waals surface area (Å²) in [5.41, 5.74) is -1.15. The van der Waals surface area contributed by atoms with Gasteiger partial charge in [0.2, 0.25) is 0 Å². The summed E-state index contributed by atoms with van der Waals surface area (Å²) >= 11 is 10.6. The van der Waals surface area contributed by atoms with Crippen molar-refractivity contribution in [3.8, 4) is 0 Å². The van der Waals surface area contributed by atoms with Crippen molar-refractivity contribution in [2.45, 2.75) is 77.4 Å². The average Bonchev–Trinajstić information content (AvgIpc) is 2.47. The molecule has 6 heteroatoms. The van der Waals surface area contributed by atoms with Crippen LogP contribution in [-0.2, 0) is 9.47 Å². The summed E-state index contributed by atoms with van der Waals surface area (Å²) in [6.07, 6.45) is 7.81. The van der Waals surface area contributed by atoms with Gasteiger partial charge in [-0.3, -0.25) is 0 Å². The first-order valence-electron chi connectivity index (χ1n) is 8.51. The average molecular weight is 365 g/mol. The quantitative estimate of drug-likeness (QED) is 0.584. The Kier molecular flexibility index (Phi) is 6.61. The summed E-state index contributed by atoms with van der Waals surface area (Å²) in [4.78, 5) is 21.7. The molecule has 0 bridgehead atoms. The summed E-state index contributed by atoms with van der Waals surface area (Å²) in [5, 5.41) is 0. The Morgan fingerprint density at radius 1 is 0.739 bits per heavy atom. The normalized spacial score (nSPS) is 32.2. The lowest BCUT2D eigenvalue weighted by Crippen LogP contribution is -2.39. The Morgan fingerprint density at radius 2 is 1.04 bits per heavy atom. The van der Waals surface area contributed by atoms with E-state index in [2.05, 4.69) is 13.8 Å². The van der Waals surface area contributed by atoms with E-state index in [0.717, 1.165) is 51.4 Å². The maximum absolute atomic E-state index is 10.8. The molecule has 0 aromatic heterocycles. The van der Waals surface area contributed by atoms with E-state index in [-0.39, 0.29) is 17.6 Å². The minimum Gasteiger partial charge on any atom is -0.450 e. The van der Waals surface area contributed by atoms with Crippen LogP contribution in [0.1, 0.15) is 65.2 Å². The third-order valence-electron chi connectivity index (χ3n) is 5.97. The Hall–Kier alpha value is -0.480. The van der Waals surface area contributed by atoms with Gasteiger partial charge in [0.05, 0.1) is 0 Å². The number of halogens is 2. The second-order valence-electron chi connectivity index (χ2n) is 7.48. The first kappa shape index (κ1) is 18.9. The number of ether oxygens (including phenoxy) is 2. The van der Waals surface area contributed by atoms with Gasteiger partial charge in [-0.05, 0) is 68.6 Å². The van der Waals surface area contributed by atoms with Crippen molar-refractivity contribution in [1.29, 1.82) is 0 Å². The van der Waals surface area contributed by atoms with Crippen LogP contribution in [0.15, 0.2) is 0 Å². The summed E-state index contributed by atoms with van der Waals surface area (Å²) in [7, 11) is 0. The zero-order valence-corrected chi connectivity index (χ0v) is 15.4. The van der Waals surface area contributed by atoms with E-state index in [0.29, 0.717) is 11.8 Å². The van der Waals surface area contributed by atoms with Crippen LogP contribution in [0.4, 0.5) is 9.59 Å². The minimum absolute atomic E-state index is 0.0223. The van der Waals surface area contributed by atoms with Crippen molar-refractivity contribution < 1.29 is 19.1 Å². The highest BCUT2D eigenvalue weighted by Gasteiger charge is 2.41. The molecule has 0 N–H and O–H groups in total. The Bertz CT molecular complexity index is 384. The van der Waals surface area contributed by atoms with Crippen LogP contribution in [0, 0.1) is 17.3 Å². The number of rotatable bonds is 4. The number of carbonyl (C=O) groups excluding carboxylic acids is 2. The third-order valence-corrected chi connectivity index (χ3v) is 6.15. The number of carbonyl (C=O) groups is 2. The number of hydrogen-bond acceptors (Lipinski definition) is 4. The maximum atomic E-state index is 10.8. The van der Waals surface area contributed by atoms with Crippen molar-refractivity contribution in [3.63, 3.8) is 0 Å². The van der Waals surface area contributed by atoms with Crippen LogP contribution in [-0.4, -0.2) is 23.1 Å². The first-order chi connectivity index (χ1) is 10.8. The van der Waals surface area contributed by atoms with Crippen LogP contribution < -0.4 is 0 Å². The maximum Gasteiger partial charge on any atom is 0.404 e. The van der Waals surface area contributed by atoms with E-state index in [4.69, 9.17) is 32.7 Å². The third kappa shape index (κ3) is 5.25. The lowest BCUT2D eigenvalue weighted by atomic mass is 9.60. The molecule has 2 aliphatic rings. The van der Waals surface area contributed by atoms with Gasteiger partial charge in [0, 0.05) is 23.2 Å². The zero-order chi connectivity index (χ0) is 17.0. The SMILES string of the molecule is CC(C)(C1CCC(OC(=O)Cl)CC1)C1CCC(OC(=O)Cl)CC1. The minimum atomic E-state index is -0.695. The van der Waals surface area contributed by atoms with Gasteiger partial charge in [-0.25, -0.2) is 9.59 Å². The monoisotopic (exact) mass is 364 g/mol. The molecule has 2 saturated carbocycles. The van der Waals surface area contributed by atoms with E-state index >= 15 is 0 Å². The molecule has 0 aliphatic heterocycles. The predicted octanol–water partition coefficient (Wildman–Crippen LogP) is 5.88. The van der Waals surface area contributed by atoms with Crippen molar-refractivity contribution in [3.05, 3.63) is 0 Å². The fourth-order valence-electron chi connectivity index (χ4n) is 4.44. The summed E-state index contributed by atoms with van der Waals surface area (Å²) in [6, 6.07) is 0. The van der Waals surface area contributed by atoms with Crippen molar-refractivity contribution in [2.75, 3.05) is 0 Å². The standard InChI is InChI=1S/C17H26Cl2O4/c1-17(2,11-3-7-13(8-4-11)22-15(18)20)12-5-9-14(10-6-12)23-16(19)21/h11-14H,3-10H2,1-2H3. The highest BCUT2D eigenvalue weighted by Crippen LogP contribution is 2.48. The van der Waals surface area contributed by atoms with Gasteiger partial charge in [-0.1, -0.05) is 13.8 Å². The van der Waals surface area contributed by atoms with Crippen molar-refractivity contribution in [2.24, 2.45) is 17.3 Å². The van der Waals surface area contributed by atoms with E-state index in [9.17, 15) is 9.59 Å². The Labute approximate surface area is 148 Å². The molecule has 0 unspecified atom stereocenters. The molecule has 2 aliphatic carbocycles. The van der Waals surface area contributed by atoms with Crippen molar-refractivity contribution >= 4 is 34.1 Å². The topological polar surface area (TPSA) is 52.6 Å². The van der Waals surface area contributed by atoms with Gasteiger partial charge >= 0.3 is 10.9 Å². The van der Waals surface area contributed by atoms with Crippen LogP contribution in [0.2, 0.25) is 0 Å². The summed E-state index contributed by atoms with van der Waals surface area (Å²) in [5.74, 6) is 1.26. The zero-order valence-electron chi connectivity index (χ0n) is 13.9. The molecule has 132 valence electrons. The smallest absolute Gasteiger partial charge is 0.404 e. The van der Waals surface area contributed by atoms with Crippen molar-refractivity contribution in [1.82, 2.24) is 0 Å². The highest BCUT2D eigenvalue weighted by atomic mass is 35.5. The van der Waals surface area contributed by atoms with Gasteiger partial charge in [-0.15, -0.1) is 0 Å². The molecule has 0 amide bonds. The molecule has 0 heterocycles. The fraction of sp³-hybridized carbons (Fsp3) is 0.882. The largest absolute Gasteiger partial charge is 0.450 e. The molecule has 0 aromatic rings. The molecular weight excluding hydrogens is 339 g/mol. The van der Waals surface area contributed by atoms with Crippen LogP contribution in [0.25, 0.3) is 0 Å². The van der Waals surface area contributed by atoms with Crippen LogP contribution in [0.5, 0.6) is 0 Å². The van der Waals surface area contributed by atoms with Gasteiger partial charge < -0.3 is 9.47 Å². The molecule has 4 nitrogen and oxygen atoms in total. The molecule has 0 atom stereocenters. The lowest BCUT2D eigenvalue weighted by Gasteiger charge is -2.46. The van der Waals surface area contributed by atoms with E-state index in [1.54, 1.807) is 0 Å². The van der Waals surface area contributed by atoms with Gasteiger partial charge in [0.1, 0.15) is 12.2 Å². The Morgan fingerprint density at radius 3 is 1.30 bits per heavy atom. The van der Waals surface area contributed by atoms with Gasteiger partial charge in [0.15, 0.2) is 0 Å². The second-order valence-corrected chi connectivity index (χ2v) is 8.10. The van der Waals surface area contributed by atoms with Crippen LogP contribution >= 0.6 is 23.2 Å². The first-order valence-corrected chi connectivity index (χ1v) is 9.27. The second kappa shape index (κ2) is 8.06. The van der Waals surface area contributed by atoms with Gasteiger partial charge in [0.25, 0.3) is 0 Å². The predicted molar refractivity (Wildman–Crippen MR) is 89.9 cm³/mol.